The summed E-state index contributed by atoms with van der Waals surface area (Å²) < 4.78 is 16.0. The van der Waals surface area contributed by atoms with Crippen LogP contribution in [-0.4, -0.2) is 27.1 Å². The van der Waals surface area contributed by atoms with E-state index in [-0.39, 0.29) is 0 Å². The summed E-state index contributed by atoms with van der Waals surface area (Å²) in [5.74, 6) is 2.38. The lowest BCUT2D eigenvalue weighted by atomic mass is 10.0. The van der Waals surface area contributed by atoms with Crippen LogP contribution in [0, 0.1) is 0 Å². The summed E-state index contributed by atoms with van der Waals surface area (Å²) >= 11 is 0. The highest BCUT2D eigenvalue weighted by molar-refractivity contribution is 5.78. The summed E-state index contributed by atoms with van der Waals surface area (Å²) in [7, 11) is 4.83. The first kappa shape index (κ1) is 17.3. The van der Waals surface area contributed by atoms with E-state index < -0.39 is 0 Å². The Morgan fingerprint density at radius 2 is 1.57 bits per heavy atom. The van der Waals surface area contributed by atoms with Crippen molar-refractivity contribution in [3.63, 3.8) is 0 Å². The number of rotatable bonds is 10. The monoisotopic (exact) mass is 294 g/mol. The molecule has 0 saturated heterocycles. The first-order valence-corrected chi connectivity index (χ1v) is 7.46. The van der Waals surface area contributed by atoms with Crippen molar-refractivity contribution in [2.45, 2.75) is 45.4 Å². The number of unbranched alkanes of at least 4 members (excludes halogenated alkanes) is 2. The molecule has 0 saturated carbocycles. The Morgan fingerprint density at radius 3 is 2.05 bits per heavy atom. The number of carbonyl (C=O) groups is 1. The number of ketones is 1. The van der Waals surface area contributed by atoms with Gasteiger partial charge in [0.25, 0.3) is 0 Å². The van der Waals surface area contributed by atoms with E-state index in [1.165, 1.54) is 0 Å². The van der Waals surface area contributed by atoms with Crippen LogP contribution in [-0.2, 0) is 11.2 Å². The summed E-state index contributed by atoms with van der Waals surface area (Å²) in [6.07, 6.45) is 5.03. The van der Waals surface area contributed by atoms with Crippen LogP contribution >= 0.6 is 0 Å². The van der Waals surface area contributed by atoms with Crippen LogP contribution in [0.5, 0.6) is 17.2 Å². The topological polar surface area (TPSA) is 44.8 Å². The quantitative estimate of drug-likeness (QED) is 0.616. The number of ether oxygens (including phenoxy) is 3. The fourth-order valence-corrected chi connectivity index (χ4v) is 2.29. The fraction of sp³-hybridized carbons (Fsp3) is 0.588. The number of Topliss-reactive ketones (excluding diaryl/α,β-unsaturated/α-hetero) is 1. The Bertz CT molecular complexity index is 429. The maximum atomic E-state index is 11.9. The molecule has 0 aromatic heterocycles. The zero-order valence-corrected chi connectivity index (χ0v) is 13.5. The highest BCUT2D eigenvalue weighted by Gasteiger charge is 2.14. The molecule has 4 heteroatoms. The third kappa shape index (κ3) is 5.29. The van der Waals surface area contributed by atoms with E-state index in [4.69, 9.17) is 14.2 Å². The van der Waals surface area contributed by atoms with Crippen molar-refractivity contribution in [3.8, 4) is 17.2 Å². The van der Waals surface area contributed by atoms with Crippen LogP contribution < -0.4 is 14.2 Å². The maximum Gasteiger partial charge on any atom is 0.133 e. The van der Waals surface area contributed by atoms with Gasteiger partial charge in [-0.1, -0.05) is 19.8 Å². The highest BCUT2D eigenvalue weighted by Crippen LogP contribution is 2.34. The molecular weight excluding hydrogens is 268 g/mol. The van der Waals surface area contributed by atoms with Crippen molar-refractivity contribution in [2.75, 3.05) is 21.3 Å². The van der Waals surface area contributed by atoms with Crippen molar-refractivity contribution in [2.24, 2.45) is 0 Å². The fourth-order valence-electron chi connectivity index (χ4n) is 2.29. The Balaban J connectivity index is 2.75. The second kappa shape index (κ2) is 9.27. The second-order valence-electron chi connectivity index (χ2n) is 5.01. The van der Waals surface area contributed by atoms with Gasteiger partial charge < -0.3 is 14.2 Å². The molecular formula is C17H26O4. The Labute approximate surface area is 127 Å². The van der Waals surface area contributed by atoms with Crippen LogP contribution in [0.2, 0.25) is 0 Å². The van der Waals surface area contributed by atoms with Crippen molar-refractivity contribution in [1.29, 1.82) is 0 Å². The number of hydrogen-bond donors (Lipinski definition) is 0. The second-order valence-corrected chi connectivity index (χ2v) is 5.01. The minimum absolute atomic E-state index is 0.295. The molecule has 0 aliphatic rings. The lowest BCUT2D eigenvalue weighted by molar-refractivity contribution is -0.119. The first-order chi connectivity index (χ1) is 10.2. The maximum absolute atomic E-state index is 11.9. The molecule has 0 bridgehead atoms. The van der Waals surface area contributed by atoms with E-state index in [1.54, 1.807) is 21.3 Å². The smallest absolute Gasteiger partial charge is 0.133 e. The standard InChI is InChI=1S/C17H26O4/c1-5-6-7-8-13(18)9-10-15-16(20-3)11-14(19-2)12-17(15)21-4/h11-12H,5-10H2,1-4H3. The number of hydrogen-bond acceptors (Lipinski definition) is 4. The van der Waals surface area contributed by atoms with Gasteiger partial charge in [0.15, 0.2) is 0 Å². The minimum Gasteiger partial charge on any atom is -0.496 e. The van der Waals surface area contributed by atoms with Crippen molar-refractivity contribution < 1.29 is 19.0 Å². The van der Waals surface area contributed by atoms with Crippen molar-refractivity contribution in [1.82, 2.24) is 0 Å². The minimum atomic E-state index is 0.295. The van der Waals surface area contributed by atoms with Gasteiger partial charge in [-0.3, -0.25) is 4.79 Å². The molecule has 1 aromatic rings. The molecule has 4 nitrogen and oxygen atoms in total. The molecule has 0 unspecified atom stereocenters. The third-order valence-electron chi connectivity index (χ3n) is 3.53. The lowest BCUT2D eigenvalue weighted by Gasteiger charge is -2.14. The molecule has 0 aliphatic carbocycles. The zero-order valence-electron chi connectivity index (χ0n) is 13.5. The average Bonchev–Trinajstić information content (AvgIpc) is 2.52. The van der Waals surface area contributed by atoms with Crippen LogP contribution in [0.25, 0.3) is 0 Å². The van der Waals surface area contributed by atoms with Gasteiger partial charge in [-0.25, -0.2) is 0 Å². The predicted octanol–water partition coefficient (Wildman–Crippen LogP) is 3.79. The first-order valence-electron chi connectivity index (χ1n) is 7.46. The van der Waals surface area contributed by atoms with Crippen molar-refractivity contribution >= 4 is 5.78 Å². The van der Waals surface area contributed by atoms with E-state index in [0.717, 1.165) is 24.8 Å². The van der Waals surface area contributed by atoms with E-state index in [1.807, 2.05) is 12.1 Å². The number of benzene rings is 1. The predicted molar refractivity (Wildman–Crippen MR) is 83.6 cm³/mol. The van der Waals surface area contributed by atoms with E-state index in [0.29, 0.717) is 42.3 Å². The van der Waals surface area contributed by atoms with Crippen LogP contribution in [0.4, 0.5) is 0 Å². The molecule has 0 N–H and O–H groups in total. The average molecular weight is 294 g/mol. The molecule has 0 spiro atoms. The Hall–Kier alpha value is -1.71. The summed E-state index contributed by atoms with van der Waals surface area (Å²) in [6.45, 7) is 2.14. The summed E-state index contributed by atoms with van der Waals surface area (Å²) in [5, 5.41) is 0. The molecule has 0 aliphatic heterocycles. The van der Waals surface area contributed by atoms with Gasteiger partial charge in [-0.15, -0.1) is 0 Å². The molecule has 118 valence electrons. The van der Waals surface area contributed by atoms with Crippen LogP contribution in [0.1, 0.15) is 44.6 Å². The molecule has 0 fully saturated rings. The zero-order chi connectivity index (χ0) is 15.7. The molecule has 21 heavy (non-hydrogen) atoms. The summed E-state index contributed by atoms with van der Waals surface area (Å²) in [5.41, 5.74) is 0.921. The van der Waals surface area contributed by atoms with Gasteiger partial charge in [0.2, 0.25) is 0 Å². The number of carbonyl (C=O) groups excluding carboxylic acids is 1. The van der Waals surface area contributed by atoms with Gasteiger partial charge in [0.05, 0.1) is 21.3 Å². The van der Waals surface area contributed by atoms with Gasteiger partial charge in [-0.2, -0.15) is 0 Å². The van der Waals surface area contributed by atoms with Gasteiger partial charge >= 0.3 is 0 Å². The van der Waals surface area contributed by atoms with E-state index in [9.17, 15) is 4.79 Å². The lowest BCUT2D eigenvalue weighted by Crippen LogP contribution is -2.03. The highest BCUT2D eigenvalue weighted by atomic mass is 16.5. The largest absolute Gasteiger partial charge is 0.496 e. The van der Waals surface area contributed by atoms with E-state index >= 15 is 0 Å². The summed E-state index contributed by atoms with van der Waals surface area (Å²) in [6, 6.07) is 3.64. The number of methoxy groups -OCH3 is 3. The molecule has 1 aromatic carbocycles. The van der Waals surface area contributed by atoms with Crippen LogP contribution in [0.15, 0.2) is 12.1 Å². The SMILES string of the molecule is CCCCCC(=O)CCc1c(OC)cc(OC)cc1OC. The van der Waals surface area contributed by atoms with Crippen LogP contribution in [0.3, 0.4) is 0 Å². The Kier molecular flexibility index (Phi) is 7.65. The van der Waals surface area contributed by atoms with E-state index in [2.05, 4.69) is 6.92 Å². The third-order valence-corrected chi connectivity index (χ3v) is 3.53. The molecule has 0 atom stereocenters. The van der Waals surface area contributed by atoms with Crippen molar-refractivity contribution in [3.05, 3.63) is 17.7 Å². The molecule has 0 heterocycles. The molecule has 0 amide bonds. The van der Waals surface area contributed by atoms with Gasteiger partial charge in [0, 0.05) is 30.5 Å². The Morgan fingerprint density at radius 1 is 0.952 bits per heavy atom. The van der Waals surface area contributed by atoms with Gasteiger partial charge in [0.1, 0.15) is 23.0 Å². The normalized spacial score (nSPS) is 10.3. The van der Waals surface area contributed by atoms with Gasteiger partial charge in [-0.05, 0) is 12.8 Å². The molecule has 1 rings (SSSR count). The molecule has 0 radical (unpaired) electrons. The summed E-state index contributed by atoms with van der Waals surface area (Å²) in [4.78, 5) is 11.9.